The molecule has 14 heavy (non-hydrogen) atoms. The van der Waals surface area contributed by atoms with Gasteiger partial charge in [-0.3, -0.25) is 0 Å². The van der Waals surface area contributed by atoms with Gasteiger partial charge in [0.05, 0.1) is 0 Å². The number of nitrogens with two attached hydrogens (primary N) is 1. The van der Waals surface area contributed by atoms with Crippen molar-refractivity contribution in [1.29, 1.82) is 0 Å². The van der Waals surface area contributed by atoms with Crippen LogP contribution in [0.3, 0.4) is 0 Å². The molecule has 0 fully saturated rings. The average molecular weight is 197 g/mol. The molecule has 0 aromatic carbocycles. The highest BCUT2D eigenvalue weighted by atomic mass is 16.2. The van der Waals surface area contributed by atoms with E-state index in [1.807, 2.05) is 27.7 Å². The van der Waals surface area contributed by atoms with E-state index in [-0.39, 0.29) is 17.6 Å². The number of carbonyl (C=O) groups is 1. The molecule has 0 saturated heterocycles. The van der Waals surface area contributed by atoms with Gasteiger partial charge in [-0.15, -0.1) is 0 Å². The lowest BCUT2D eigenvalue weighted by Crippen LogP contribution is -2.55. The highest BCUT2D eigenvalue weighted by Crippen LogP contribution is 2.31. The molecule has 2 amide bonds. The van der Waals surface area contributed by atoms with Crippen molar-refractivity contribution in [3.05, 3.63) is 0 Å². The zero-order valence-electron chi connectivity index (χ0n) is 9.37. The van der Waals surface area contributed by atoms with Gasteiger partial charge in [0, 0.05) is 6.04 Å². The first kappa shape index (κ1) is 11.0. The Labute approximate surface area is 85.2 Å². The summed E-state index contributed by atoms with van der Waals surface area (Å²) in [5.74, 6) is 0.473. The minimum Gasteiger partial charge on any atom is -0.385 e. The first-order valence-corrected chi connectivity index (χ1v) is 5.17. The number of nitrogens with zero attached hydrogens (tertiary/aromatic N) is 2. The van der Waals surface area contributed by atoms with Crippen LogP contribution in [0.2, 0.25) is 0 Å². The van der Waals surface area contributed by atoms with Crippen LogP contribution in [-0.4, -0.2) is 28.3 Å². The third-order valence-corrected chi connectivity index (χ3v) is 3.05. The van der Waals surface area contributed by atoms with Crippen molar-refractivity contribution in [2.24, 2.45) is 10.7 Å². The molecule has 0 radical (unpaired) electrons. The van der Waals surface area contributed by atoms with Crippen LogP contribution in [0.15, 0.2) is 4.99 Å². The van der Waals surface area contributed by atoms with Crippen molar-refractivity contribution in [2.75, 3.05) is 0 Å². The Balaban J connectivity index is 3.12. The Morgan fingerprint density at radius 1 is 1.43 bits per heavy atom. The van der Waals surface area contributed by atoms with Crippen molar-refractivity contribution >= 4 is 11.9 Å². The van der Waals surface area contributed by atoms with Gasteiger partial charge >= 0.3 is 6.03 Å². The Bertz CT molecular complexity index is 267. The molecule has 4 heteroatoms. The van der Waals surface area contributed by atoms with Gasteiger partial charge in [-0.1, -0.05) is 13.8 Å². The quantitative estimate of drug-likeness (QED) is 0.749. The molecule has 1 heterocycles. The number of hydrogen-bond acceptors (Lipinski definition) is 2. The number of hydrogen-bond donors (Lipinski definition) is 1. The maximum atomic E-state index is 11.6. The Morgan fingerprint density at radius 2 is 1.93 bits per heavy atom. The van der Waals surface area contributed by atoms with Gasteiger partial charge in [0.1, 0.15) is 11.4 Å². The summed E-state index contributed by atoms with van der Waals surface area (Å²) in [6.45, 7) is 8.07. The van der Waals surface area contributed by atoms with Crippen LogP contribution in [0.5, 0.6) is 0 Å². The second-order valence-corrected chi connectivity index (χ2v) is 3.98. The van der Waals surface area contributed by atoms with E-state index in [2.05, 4.69) is 4.99 Å². The predicted molar refractivity (Wildman–Crippen MR) is 57.3 cm³/mol. The summed E-state index contributed by atoms with van der Waals surface area (Å²) in [4.78, 5) is 17.3. The van der Waals surface area contributed by atoms with Gasteiger partial charge in [-0.25, -0.2) is 4.79 Å². The van der Waals surface area contributed by atoms with Crippen LogP contribution in [0.1, 0.15) is 40.5 Å². The van der Waals surface area contributed by atoms with Gasteiger partial charge < -0.3 is 10.6 Å². The van der Waals surface area contributed by atoms with Gasteiger partial charge in [0.2, 0.25) is 0 Å². The molecule has 4 nitrogen and oxygen atoms in total. The molecule has 0 unspecified atom stereocenters. The number of aliphatic imine (C=N–C) groups is 1. The maximum absolute atomic E-state index is 11.6. The number of carbonyl (C=O) groups excluding carboxylic acids is 1. The molecule has 0 aromatic heterocycles. The molecule has 2 N–H and O–H groups in total. The lowest BCUT2D eigenvalue weighted by atomic mass is 9.89. The predicted octanol–water partition coefficient (Wildman–Crippen LogP) is 1.75. The Hall–Kier alpha value is -1.06. The summed E-state index contributed by atoms with van der Waals surface area (Å²) in [7, 11) is 0. The molecule has 0 aliphatic carbocycles. The molecule has 0 saturated carbocycles. The van der Waals surface area contributed by atoms with Crippen molar-refractivity contribution in [3.63, 3.8) is 0 Å². The smallest absolute Gasteiger partial charge is 0.346 e. The molecule has 0 spiro atoms. The van der Waals surface area contributed by atoms with Crippen LogP contribution in [-0.2, 0) is 0 Å². The normalized spacial score (nSPS) is 20.5. The Kier molecular flexibility index (Phi) is 2.83. The van der Waals surface area contributed by atoms with Gasteiger partial charge in [0.25, 0.3) is 0 Å². The SMILES string of the molecule is CCC1(CC)C(N)=NC(=O)N1C(C)C. The molecule has 1 aliphatic heterocycles. The highest BCUT2D eigenvalue weighted by Gasteiger charge is 2.46. The minimum absolute atomic E-state index is 0.146. The number of amidine groups is 1. The molecule has 1 rings (SSSR count). The first-order valence-electron chi connectivity index (χ1n) is 5.17. The van der Waals surface area contributed by atoms with E-state index in [0.717, 1.165) is 12.8 Å². The number of rotatable bonds is 3. The highest BCUT2D eigenvalue weighted by molar-refractivity contribution is 6.05. The lowest BCUT2D eigenvalue weighted by Gasteiger charge is -2.39. The lowest BCUT2D eigenvalue weighted by molar-refractivity contribution is 0.140. The summed E-state index contributed by atoms with van der Waals surface area (Å²) >= 11 is 0. The molecular weight excluding hydrogens is 178 g/mol. The summed E-state index contributed by atoms with van der Waals surface area (Å²) in [6.07, 6.45) is 1.64. The first-order chi connectivity index (χ1) is 6.49. The van der Waals surface area contributed by atoms with Crippen LogP contribution >= 0.6 is 0 Å². The van der Waals surface area contributed by atoms with Crippen molar-refractivity contribution in [3.8, 4) is 0 Å². The van der Waals surface area contributed by atoms with Crippen LogP contribution in [0.4, 0.5) is 4.79 Å². The fourth-order valence-electron chi connectivity index (χ4n) is 2.24. The van der Waals surface area contributed by atoms with Crippen LogP contribution in [0.25, 0.3) is 0 Å². The van der Waals surface area contributed by atoms with Gasteiger partial charge in [0.15, 0.2) is 0 Å². The fourth-order valence-corrected chi connectivity index (χ4v) is 2.24. The second-order valence-electron chi connectivity index (χ2n) is 3.98. The summed E-state index contributed by atoms with van der Waals surface area (Å²) in [5.41, 5.74) is 5.50. The second kappa shape index (κ2) is 3.59. The largest absolute Gasteiger partial charge is 0.385 e. The molecule has 1 aliphatic rings. The van der Waals surface area contributed by atoms with E-state index >= 15 is 0 Å². The van der Waals surface area contributed by atoms with E-state index in [1.165, 1.54) is 0 Å². The van der Waals surface area contributed by atoms with Gasteiger partial charge in [-0.2, -0.15) is 4.99 Å². The van der Waals surface area contributed by atoms with E-state index in [9.17, 15) is 4.79 Å². The molecule has 0 aromatic rings. The summed E-state index contributed by atoms with van der Waals surface area (Å²) in [6, 6.07) is -0.0478. The Morgan fingerprint density at radius 3 is 2.21 bits per heavy atom. The third-order valence-electron chi connectivity index (χ3n) is 3.05. The standard InChI is InChI=1S/C10H19N3O/c1-5-10(6-2)8(11)12-9(14)13(10)7(3)4/h7H,5-6H2,1-4H3,(H2,11,12,14). The maximum Gasteiger partial charge on any atom is 0.346 e. The van der Waals surface area contributed by atoms with Gasteiger partial charge in [-0.05, 0) is 26.7 Å². The minimum atomic E-state index is -0.342. The van der Waals surface area contributed by atoms with Crippen LogP contribution < -0.4 is 5.73 Å². The summed E-state index contributed by atoms with van der Waals surface area (Å²) < 4.78 is 0. The third kappa shape index (κ3) is 1.29. The molecule has 0 bridgehead atoms. The topological polar surface area (TPSA) is 58.7 Å². The zero-order valence-corrected chi connectivity index (χ0v) is 9.37. The van der Waals surface area contributed by atoms with E-state index < -0.39 is 0 Å². The monoisotopic (exact) mass is 197 g/mol. The van der Waals surface area contributed by atoms with E-state index in [1.54, 1.807) is 4.90 Å². The molecular formula is C10H19N3O. The molecule has 80 valence electrons. The summed E-state index contributed by atoms with van der Waals surface area (Å²) in [5, 5.41) is 0. The van der Waals surface area contributed by atoms with Crippen molar-refractivity contribution in [1.82, 2.24) is 4.90 Å². The van der Waals surface area contributed by atoms with E-state index in [0.29, 0.717) is 5.84 Å². The molecule has 0 atom stereocenters. The number of amides is 2. The van der Waals surface area contributed by atoms with Crippen molar-refractivity contribution < 1.29 is 4.79 Å². The average Bonchev–Trinajstić information content (AvgIpc) is 2.37. The number of urea groups is 1. The van der Waals surface area contributed by atoms with Crippen LogP contribution in [0, 0.1) is 0 Å². The van der Waals surface area contributed by atoms with Crippen molar-refractivity contribution in [2.45, 2.75) is 52.1 Å². The van der Waals surface area contributed by atoms with E-state index in [4.69, 9.17) is 5.73 Å². The zero-order chi connectivity index (χ0) is 10.9. The fraction of sp³-hybridized carbons (Fsp3) is 0.800.